The SMILES string of the molecule is CN(C)C(=O)CC1(CC(=O)Nc2ccccc2Br)CCCC1. The molecule has 5 heteroatoms. The number of amides is 2. The zero-order chi connectivity index (χ0) is 16.2. The van der Waals surface area contributed by atoms with E-state index in [9.17, 15) is 9.59 Å². The zero-order valence-electron chi connectivity index (χ0n) is 13.2. The first-order valence-corrected chi connectivity index (χ1v) is 8.46. The number of carbonyl (C=O) groups is 2. The van der Waals surface area contributed by atoms with Crippen LogP contribution in [0.4, 0.5) is 5.69 Å². The Morgan fingerprint density at radius 1 is 1.18 bits per heavy atom. The first-order chi connectivity index (χ1) is 10.4. The molecule has 1 aromatic rings. The van der Waals surface area contributed by atoms with Gasteiger partial charge in [-0.15, -0.1) is 0 Å². The molecule has 120 valence electrons. The number of rotatable bonds is 5. The summed E-state index contributed by atoms with van der Waals surface area (Å²) in [5.74, 6) is 0.0935. The molecule has 0 radical (unpaired) electrons. The minimum Gasteiger partial charge on any atom is -0.349 e. The molecule has 0 bridgehead atoms. The lowest BCUT2D eigenvalue weighted by Gasteiger charge is -2.29. The van der Waals surface area contributed by atoms with Crippen LogP contribution in [0.25, 0.3) is 0 Å². The monoisotopic (exact) mass is 366 g/mol. The van der Waals surface area contributed by atoms with Gasteiger partial charge in [-0.05, 0) is 46.3 Å². The topological polar surface area (TPSA) is 49.4 Å². The number of nitrogens with one attached hydrogen (secondary N) is 1. The van der Waals surface area contributed by atoms with Crippen molar-refractivity contribution < 1.29 is 9.59 Å². The molecule has 1 aliphatic carbocycles. The first-order valence-electron chi connectivity index (χ1n) is 7.66. The lowest BCUT2D eigenvalue weighted by Crippen LogP contribution is -2.32. The fourth-order valence-electron chi connectivity index (χ4n) is 3.12. The molecule has 2 rings (SSSR count). The van der Waals surface area contributed by atoms with Crippen LogP contribution in [0, 0.1) is 5.41 Å². The van der Waals surface area contributed by atoms with E-state index in [1.54, 1.807) is 19.0 Å². The summed E-state index contributed by atoms with van der Waals surface area (Å²) in [4.78, 5) is 26.1. The predicted molar refractivity (Wildman–Crippen MR) is 91.6 cm³/mol. The fourth-order valence-corrected chi connectivity index (χ4v) is 3.50. The van der Waals surface area contributed by atoms with Crippen LogP contribution < -0.4 is 5.32 Å². The third kappa shape index (κ3) is 4.32. The Morgan fingerprint density at radius 2 is 1.82 bits per heavy atom. The van der Waals surface area contributed by atoms with Crippen molar-refractivity contribution in [3.63, 3.8) is 0 Å². The molecule has 4 nitrogen and oxygen atoms in total. The van der Waals surface area contributed by atoms with Crippen molar-refractivity contribution in [1.29, 1.82) is 0 Å². The number of halogens is 1. The summed E-state index contributed by atoms with van der Waals surface area (Å²) in [5, 5.41) is 2.95. The highest BCUT2D eigenvalue weighted by Crippen LogP contribution is 2.44. The number of para-hydroxylation sites is 1. The molecule has 1 aliphatic rings. The maximum atomic E-state index is 12.4. The third-order valence-electron chi connectivity index (χ3n) is 4.37. The number of carbonyl (C=O) groups excluding carboxylic acids is 2. The van der Waals surface area contributed by atoms with E-state index in [0.29, 0.717) is 12.8 Å². The fraction of sp³-hybridized carbons (Fsp3) is 0.529. The van der Waals surface area contributed by atoms with Crippen LogP contribution >= 0.6 is 15.9 Å². The van der Waals surface area contributed by atoms with Crippen molar-refractivity contribution in [2.24, 2.45) is 5.41 Å². The number of hydrogen-bond donors (Lipinski definition) is 1. The summed E-state index contributed by atoms with van der Waals surface area (Å²) >= 11 is 3.43. The van der Waals surface area contributed by atoms with E-state index < -0.39 is 0 Å². The van der Waals surface area contributed by atoms with Gasteiger partial charge in [0.1, 0.15) is 0 Å². The Morgan fingerprint density at radius 3 is 2.41 bits per heavy atom. The zero-order valence-corrected chi connectivity index (χ0v) is 14.8. The van der Waals surface area contributed by atoms with E-state index in [0.717, 1.165) is 35.8 Å². The van der Waals surface area contributed by atoms with Crippen LogP contribution in [-0.4, -0.2) is 30.8 Å². The van der Waals surface area contributed by atoms with Crippen LogP contribution in [-0.2, 0) is 9.59 Å². The van der Waals surface area contributed by atoms with E-state index >= 15 is 0 Å². The van der Waals surface area contributed by atoms with Crippen LogP contribution in [0.2, 0.25) is 0 Å². The van der Waals surface area contributed by atoms with Gasteiger partial charge in [0.05, 0.1) is 5.69 Å². The molecule has 1 fully saturated rings. The van der Waals surface area contributed by atoms with Crippen LogP contribution in [0.5, 0.6) is 0 Å². The average Bonchev–Trinajstić information content (AvgIpc) is 2.89. The molecule has 0 heterocycles. The maximum absolute atomic E-state index is 12.4. The highest BCUT2D eigenvalue weighted by atomic mass is 79.9. The van der Waals surface area contributed by atoms with Crippen molar-refractivity contribution in [2.45, 2.75) is 38.5 Å². The van der Waals surface area contributed by atoms with E-state index in [2.05, 4.69) is 21.2 Å². The maximum Gasteiger partial charge on any atom is 0.224 e. The van der Waals surface area contributed by atoms with Gasteiger partial charge < -0.3 is 10.2 Å². The van der Waals surface area contributed by atoms with Gasteiger partial charge in [-0.25, -0.2) is 0 Å². The molecule has 0 atom stereocenters. The van der Waals surface area contributed by atoms with E-state index in [-0.39, 0.29) is 17.2 Å². The number of nitrogens with zero attached hydrogens (tertiary/aromatic N) is 1. The molecule has 1 aromatic carbocycles. The molecule has 22 heavy (non-hydrogen) atoms. The third-order valence-corrected chi connectivity index (χ3v) is 5.06. The number of hydrogen-bond acceptors (Lipinski definition) is 2. The van der Waals surface area contributed by atoms with Crippen molar-refractivity contribution in [2.75, 3.05) is 19.4 Å². The molecule has 1 N–H and O–H groups in total. The van der Waals surface area contributed by atoms with Gasteiger partial charge in [0.15, 0.2) is 0 Å². The highest BCUT2D eigenvalue weighted by Gasteiger charge is 2.38. The first kappa shape index (κ1) is 17.0. The minimum atomic E-state index is -0.174. The van der Waals surface area contributed by atoms with Gasteiger partial charge in [0, 0.05) is 31.4 Å². The molecular weight excluding hydrogens is 344 g/mol. The predicted octanol–water partition coefficient (Wildman–Crippen LogP) is 3.82. The minimum absolute atomic E-state index is 0.0136. The summed E-state index contributed by atoms with van der Waals surface area (Å²) < 4.78 is 0.869. The quantitative estimate of drug-likeness (QED) is 0.860. The van der Waals surface area contributed by atoms with Gasteiger partial charge in [-0.2, -0.15) is 0 Å². The van der Waals surface area contributed by atoms with Crippen molar-refractivity contribution in [3.8, 4) is 0 Å². The largest absolute Gasteiger partial charge is 0.349 e. The molecule has 0 spiro atoms. The van der Waals surface area contributed by atoms with Gasteiger partial charge in [0.2, 0.25) is 11.8 Å². The summed E-state index contributed by atoms with van der Waals surface area (Å²) in [7, 11) is 3.54. The molecule has 2 amide bonds. The Bertz CT molecular complexity index is 551. The Hall–Kier alpha value is -1.36. The van der Waals surface area contributed by atoms with Crippen LogP contribution in [0.15, 0.2) is 28.7 Å². The standard InChI is InChI=1S/C17H23BrN2O2/c1-20(2)16(22)12-17(9-5-6-10-17)11-15(21)19-14-8-4-3-7-13(14)18/h3-4,7-8H,5-6,9-12H2,1-2H3,(H,19,21). The second-order valence-corrected chi connectivity index (χ2v) is 7.23. The van der Waals surface area contributed by atoms with Gasteiger partial charge in [-0.1, -0.05) is 25.0 Å². The summed E-state index contributed by atoms with van der Waals surface area (Å²) in [6.45, 7) is 0. The Labute approximate surface area is 140 Å². The van der Waals surface area contributed by atoms with Crippen molar-refractivity contribution >= 4 is 33.4 Å². The molecule has 0 aromatic heterocycles. The van der Waals surface area contributed by atoms with Gasteiger partial charge >= 0.3 is 0 Å². The van der Waals surface area contributed by atoms with Gasteiger partial charge in [-0.3, -0.25) is 9.59 Å². The van der Waals surface area contributed by atoms with Crippen molar-refractivity contribution in [3.05, 3.63) is 28.7 Å². The number of benzene rings is 1. The molecule has 1 saturated carbocycles. The normalized spacial score (nSPS) is 16.3. The van der Waals surface area contributed by atoms with Gasteiger partial charge in [0.25, 0.3) is 0 Å². The smallest absolute Gasteiger partial charge is 0.224 e. The highest BCUT2D eigenvalue weighted by molar-refractivity contribution is 9.10. The molecule has 0 saturated heterocycles. The van der Waals surface area contributed by atoms with E-state index in [1.807, 2.05) is 24.3 Å². The second-order valence-electron chi connectivity index (χ2n) is 6.38. The van der Waals surface area contributed by atoms with Crippen molar-refractivity contribution in [1.82, 2.24) is 4.90 Å². The molecule has 0 unspecified atom stereocenters. The lowest BCUT2D eigenvalue weighted by atomic mass is 9.78. The molecule has 0 aliphatic heterocycles. The Balaban J connectivity index is 2.03. The summed E-state index contributed by atoms with van der Waals surface area (Å²) in [6, 6.07) is 7.57. The van der Waals surface area contributed by atoms with E-state index in [1.165, 1.54) is 0 Å². The van der Waals surface area contributed by atoms with Crippen LogP contribution in [0.1, 0.15) is 38.5 Å². The summed E-state index contributed by atoms with van der Waals surface area (Å²) in [5.41, 5.74) is 0.603. The van der Waals surface area contributed by atoms with Crippen LogP contribution in [0.3, 0.4) is 0 Å². The molecular formula is C17H23BrN2O2. The number of anilines is 1. The van der Waals surface area contributed by atoms with E-state index in [4.69, 9.17) is 0 Å². The lowest BCUT2D eigenvalue weighted by molar-refractivity contribution is -0.131. The second kappa shape index (κ2) is 7.27. The average molecular weight is 367 g/mol. The Kier molecular flexibility index (Phi) is 5.62. The summed E-state index contributed by atoms with van der Waals surface area (Å²) in [6.07, 6.45) is 4.98.